The van der Waals surface area contributed by atoms with Crippen LogP contribution >= 0.6 is 11.3 Å². The number of nitrogens with zero attached hydrogens (tertiary/aromatic N) is 5. The summed E-state index contributed by atoms with van der Waals surface area (Å²) >= 11 is 1.53. The highest BCUT2D eigenvalue weighted by atomic mass is 32.2. The van der Waals surface area contributed by atoms with Crippen molar-refractivity contribution in [1.82, 2.24) is 24.5 Å². The van der Waals surface area contributed by atoms with Gasteiger partial charge in [0.15, 0.2) is 0 Å². The highest BCUT2D eigenvalue weighted by Gasteiger charge is 2.20. The van der Waals surface area contributed by atoms with Crippen LogP contribution in [0.15, 0.2) is 71.6 Å². The lowest BCUT2D eigenvalue weighted by Gasteiger charge is -2.05. The number of para-hydroxylation sites is 1. The Morgan fingerprint density at radius 1 is 1.00 bits per heavy atom. The Morgan fingerprint density at radius 2 is 1.81 bits per heavy atom. The van der Waals surface area contributed by atoms with Gasteiger partial charge in [-0.15, -0.1) is 11.3 Å². The molecule has 31 heavy (non-hydrogen) atoms. The molecule has 4 heterocycles. The summed E-state index contributed by atoms with van der Waals surface area (Å²) in [4.78, 5) is 17.7. The zero-order valence-electron chi connectivity index (χ0n) is 16.7. The van der Waals surface area contributed by atoms with Gasteiger partial charge in [-0.2, -0.15) is 0 Å². The number of rotatable bonds is 4. The number of thiazole rings is 1. The van der Waals surface area contributed by atoms with Crippen LogP contribution in [0.4, 0.5) is 0 Å². The number of hydrogen-bond acceptors (Lipinski definition) is 7. The van der Waals surface area contributed by atoms with Crippen molar-refractivity contribution in [2.45, 2.75) is 12.1 Å². The first-order chi connectivity index (χ1) is 14.9. The average Bonchev–Trinajstić information content (AvgIpc) is 3.42. The number of hydrogen-bond donors (Lipinski definition) is 0. The molecule has 1 aromatic carbocycles. The molecule has 0 bridgehead atoms. The Morgan fingerprint density at radius 3 is 2.52 bits per heavy atom. The molecule has 0 N–H and O–H groups in total. The lowest BCUT2D eigenvalue weighted by atomic mass is 10.1. The maximum absolute atomic E-state index is 12.0. The first-order valence-electron chi connectivity index (χ1n) is 9.43. The minimum Gasteiger partial charge on any atom is -0.301 e. The quantitative estimate of drug-likeness (QED) is 0.381. The normalized spacial score (nSPS) is 11.8. The second-order valence-electron chi connectivity index (χ2n) is 7.11. The molecular weight excluding hydrogens is 430 g/mol. The molecule has 0 fully saturated rings. The highest BCUT2D eigenvalue weighted by Crippen LogP contribution is 2.34. The van der Waals surface area contributed by atoms with Gasteiger partial charge in [-0.1, -0.05) is 18.2 Å². The standard InChI is InChI=1S/C22H17N5O2S2/c1-14-12-24-22(31(2,28)29)26-19(14)17-13-27(15-6-4-3-5-7-15)20-16(17)8-9-18(25-20)21-23-10-11-30-21/h3-13H,1-2H3. The van der Waals surface area contributed by atoms with Crippen LogP contribution in [0.3, 0.4) is 0 Å². The Balaban J connectivity index is 1.81. The van der Waals surface area contributed by atoms with Crippen LogP contribution < -0.4 is 0 Å². The molecule has 5 aromatic rings. The largest absolute Gasteiger partial charge is 0.301 e. The third kappa shape index (κ3) is 3.51. The van der Waals surface area contributed by atoms with Gasteiger partial charge in [0, 0.05) is 46.9 Å². The third-order valence-electron chi connectivity index (χ3n) is 4.87. The van der Waals surface area contributed by atoms with Crippen LogP contribution in [-0.2, 0) is 9.84 Å². The van der Waals surface area contributed by atoms with Crippen LogP contribution in [0.2, 0.25) is 0 Å². The van der Waals surface area contributed by atoms with Crippen LogP contribution in [0.1, 0.15) is 5.56 Å². The molecule has 9 heteroatoms. The zero-order valence-corrected chi connectivity index (χ0v) is 18.4. The van der Waals surface area contributed by atoms with E-state index in [9.17, 15) is 8.42 Å². The monoisotopic (exact) mass is 447 g/mol. The summed E-state index contributed by atoms with van der Waals surface area (Å²) in [7, 11) is -3.54. The van der Waals surface area contributed by atoms with Gasteiger partial charge in [-0.05, 0) is 36.8 Å². The molecule has 0 unspecified atom stereocenters. The fraction of sp³-hybridized carbons (Fsp3) is 0.0909. The van der Waals surface area contributed by atoms with E-state index in [4.69, 9.17) is 4.98 Å². The van der Waals surface area contributed by atoms with E-state index in [0.29, 0.717) is 5.69 Å². The predicted octanol–water partition coefficient (Wildman–Crippen LogP) is 4.32. The van der Waals surface area contributed by atoms with E-state index in [-0.39, 0.29) is 5.16 Å². The minimum absolute atomic E-state index is 0.193. The van der Waals surface area contributed by atoms with E-state index >= 15 is 0 Å². The zero-order chi connectivity index (χ0) is 21.6. The molecule has 5 rings (SSSR count). The Kier molecular flexibility index (Phi) is 4.64. The molecule has 0 amide bonds. The Hall–Kier alpha value is -3.43. The second-order valence-corrected chi connectivity index (χ2v) is 9.91. The second kappa shape index (κ2) is 7.36. The molecule has 4 aromatic heterocycles. The number of pyridine rings is 1. The van der Waals surface area contributed by atoms with Crippen molar-refractivity contribution in [3.63, 3.8) is 0 Å². The minimum atomic E-state index is -3.54. The van der Waals surface area contributed by atoms with Crippen molar-refractivity contribution >= 4 is 32.2 Å². The maximum atomic E-state index is 12.0. The number of fused-ring (bicyclic) bond motifs is 1. The van der Waals surface area contributed by atoms with Crippen molar-refractivity contribution in [1.29, 1.82) is 0 Å². The molecule has 0 aliphatic heterocycles. The number of aromatic nitrogens is 5. The smallest absolute Gasteiger partial charge is 0.247 e. The predicted molar refractivity (Wildman–Crippen MR) is 121 cm³/mol. The molecule has 0 saturated heterocycles. The summed E-state index contributed by atoms with van der Waals surface area (Å²) in [6.07, 6.45) is 6.35. The Bertz CT molecular complexity index is 1510. The number of sulfone groups is 1. The van der Waals surface area contributed by atoms with Gasteiger partial charge in [0.2, 0.25) is 15.0 Å². The van der Waals surface area contributed by atoms with Gasteiger partial charge in [-0.3, -0.25) is 0 Å². The Labute approximate surface area is 183 Å². The van der Waals surface area contributed by atoms with Crippen LogP contribution in [0.25, 0.3) is 38.7 Å². The van der Waals surface area contributed by atoms with E-state index < -0.39 is 9.84 Å². The molecule has 0 spiro atoms. The van der Waals surface area contributed by atoms with Crippen molar-refractivity contribution in [2.75, 3.05) is 6.26 Å². The highest BCUT2D eigenvalue weighted by molar-refractivity contribution is 7.90. The first-order valence-corrected chi connectivity index (χ1v) is 12.2. The van der Waals surface area contributed by atoms with E-state index in [1.54, 1.807) is 12.4 Å². The average molecular weight is 448 g/mol. The molecule has 0 aliphatic carbocycles. The molecule has 0 saturated carbocycles. The van der Waals surface area contributed by atoms with E-state index in [1.165, 1.54) is 11.3 Å². The van der Waals surface area contributed by atoms with Crippen LogP contribution in [0, 0.1) is 6.92 Å². The van der Waals surface area contributed by atoms with Gasteiger partial charge in [0.1, 0.15) is 16.3 Å². The molecular formula is C22H17N5O2S2. The fourth-order valence-corrected chi connectivity index (χ4v) is 4.53. The van der Waals surface area contributed by atoms with Gasteiger partial charge >= 0.3 is 0 Å². The summed E-state index contributed by atoms with van der Waals surface area (Å²) in [5.41, 5.74) is 4.61. The van der Waals surface area contributed by atoms with Crippen molar-refractivity contribution in [2.24, 2.45) is 0 Å². The van der Waals surface area contributed by atoms with Crippen LogP contribution in [-0.4, -0.2) is 39.2 Å². The van der Waals surface area contributed by atoms with Crippen molar-refractivity contribution in [3.05, 3.63) is 72.0 Å². The molecule has 0 aliphatic rings. The fourth-order valence-electron chi connectivity index (χ4n) is 3.42. The summed E-state index contributed by atoms with van der Waals surface area (Å²) in [5, 5.41) is 3.42. The summed E-state index contributed by atoms with van der Waals surface area (Å²) < 4.78 is 26.1. The summed E-state index contributed by atoms with van der Waals surface area (Å²) in [6, 6.07) is 13.8. The topological polar surface area (TPSA) is 90.6 Å². The third-order valence-corrected chi connectivity index (χ3v) is 6.53. The van der Waals surface area contributed by atoms with E-state index in [1.807, 2.05) is 65.5 Å². The maximum Gasteiger partial charge on any atom is 0.247 e. The van der Waals surface area contributed by atoms with Crippen LogP contribution in [0.5, 0.6) is 0 Å². The summed E-state index contributed by atoms with van der Waals surface area (Å²) in [5.74, 6) is 0. The van der Waals surface area contributed by atoms with Gasteiger partial charge in [0.05, 0.1) is 5.69 Å². The van der Waals surface area contributed by atoms with Crippen molar-refractivity contribution < 1.29 is 8.42 Å². The van der Waals surface area contributed by atoms with Crippen molar-refractivity contribution in [3.8, 4) is 27.6 Å². The van der Waals surface area contributed by atoms with E-state index in [0.717, 1.165) is 44.8 Å². The number of aryl methyl sites for hydroxylation is 1. The lowest BCUT2D eigenvalue weighted by Crippen LogP contribution is -2.05. The molecule has 7 nitrogen and oxygen atoms in total. The van der Waals surface area contributed by atoms with Gasteiger partial charge < -0.3 is 4.57 Å². The molecule has 0 radical (unpaired) electrons. The van der Waals surface area contributed by atoms with Gasteiger partial charge in [0.25, 0.3) is 0 Å². The lowest BCUT2D eigenvalue weighted by molar-refractivity contribution is 0.593. The first kappa shape index (κ1) is 19.5. The SMILES string of the molecule is Cc1cnc(S(C)(=O)=O)nc1-c1cn(-c2ccccc2)c2nc(-c3nccs3)ccc12. The van der Waals surface area contributed by atoms with E-state index in [2.05, 4.69) is 15.0 Å². The summed E-state index contributed by atoms with van der Waals surface area (Å²) in [6.45, 7) is 1.87. The number of benzene rings is 1. The molecule has 154 valence electrons. The molecule has 0 atom stereocenters. The van der Waals surface area contributed by atoms with Gasteiger partial charge in [-0.25, -0.2) is 28.4 Å².